The molecule has 0 aromatic rings. The Morgan fingerprint density at radius 1 is 1.30 bits per heavy atom. The zero-order chi connectivity index (χ0) is 13.8. The lowest BCUT2D eigenvalue weighted by Gasteiger charge is -2.11. The Kier molecular flexibility index (Phi) is 13.8. The molecule has 2 N–H and O–H groups in total. The molecule has 0 amide bonds. The standard InChI is InChI=1S/C14H29N3O2.HI/c1-3-5-8-16-14(15-4-2)17-9-6-10-19-13-7-11-18-12-13;/h13H,3-12H2,1-2H3,(H2,15,16,17);1H. The molecule has 20 heavy (non-hydrogen) atoms. The molecule has 5 nitrogen and oxygen atoms in total. The van der Waals surface area contributed by atoms with Crippen LogP contribution in [-0.2, 0) is 9.47 Å². The fourth-order valence-corrected chi connectivity index (χ4v) is 1.88. The van der Waals surface area contributed by atoms with Crippen molar-refractivity contribution in [3.63, 3.8) is 0 Å². The number of nitrogens with one attached hydrogen (secondary N) is 2. The third kappa shape index (κ3) is 9.77. The van der Waals surface area contributed by atoms with Crippen LogP contribution < -0.4 is 10.6 Å². The van der Waals surface area contributed by atoms with Crippen LogP contribution in [0.15, 0.2) is 4.99 Å². The Labute approximate surface area is 140 Å². The van der Waals surface area contributed by atoms with Crippen LogP contribution in [0.3, 0.4) is 0 Å². The van der Waals surface area contributed by atoms with E-state index >= 15 is 0 Å². The Bertz CT molecular complexity index is 247. The molecule has 0 radical (unpaired) electrons. The monoisotopic (exact) mass is 399 g/mol. The van der Waals surface area contributed by atoms with E-state index in [9.17, 15) is 0 Å². The number of unbranched alkanes of at least 4 members (excludes halogenated alkanes) is 1. The fraction of sp³-hybridized carbons (Fsp3) is 0.929. The predicted octanol–water partition coefficient (Wildman–Crippen LogP) is 2.16. The van der Waals surface area contributed by atoms with Gasteiger partial charge in [0.15, 0.2) is 5.96 Å². The largest absolute Gasteiger partial charge is 0.379 e. The molecule has 0 aliphatic carbocycles. The van der Waals surface area contributed by atoms with E-state index in [2.05, 4.69) is 29.5 Å². The lowest BCUT2D eigenvalue weighted by Crippen LogP contribution is -2.37. The Hall–Kier alpha value is -0.0800. The van der Waals surface area contributed by atoms with E-state index in [1.807, 2.05) is 0 Å². The summed E-state index contributed by atoms with van der Waals surface area (Å²) in [7, 11) is 0. The number of ether oxygens (including phenoxy) is 2. The molecule has 1 atom stereocenters. The number of halogens is 1. The molecule has 0 bridgehead atoms. The van der Waals surface area contributed by atoms with Gasteiger partial charge < -0.3 is 20.1 Å². The maximum atomic E-state index is 5.71. The summed E-state index contributed by atoms with van der Waals surface area (Å²) in [6, 6.07) is 0. The van der Waals surface area contributed by atoms with Crippen LogP contribution in [-0.4, -0.2) is 51.5 Å². The summed E-state index contributed by atoms with van der Waals surface area (Å²) in [5, 5.41) is 6.58. The molecule has 0 aromatic heterocycles. The number of hydrogen-bond donors (Lipinski definition) is 2. The lowest BCUT2D eigenvalue weighted by atomic mass is 10.3. The van der Waals surface area contributed by atoms with Crippen molar-refractivity contribution in [3.05, 3.63) is 0 Å². The Balaban J connectivity index is 0.00000361. The van der Waals surface area contributed by atoms with E-state index in [4.69, 9.17) is 9.47 Å². The second kappa shape index (κ2) is 13.9. The predicted molar refractivity (Wildman–Crippen MR) is 94.1 cm³/mol. The molecule has 0 saturated carbocycles. The first kappa shape index (κ1) is 19.9. The molecule has 0 spiro atoms. The summed E-state index contributed by atoms with van der Waals surface area (Å²) in [6.07, 6.45) is 4.67. The van der Waals surface area contributed by atoms with Gasteiger partial charge in [0.1, 0.15) is 0 Å². The van der Waals surface area contributed by atoms with Crippen LogP contribution in [0.25, 0.3) is 0 Å². The first-order chi connectivity index (χ1) is 9.36. The summed E-state index contributed by atoms with van der Waals surface area (Å²) in [4.78, 5) is 4.53. The fourth-order valence-electron chi connectivity index (χ4n) is 1.88. The summed E-state index contributed by atoms with van der Waals surface area (Å²) >= 11 is 0. The van der Waals surface area contributed by atoms with E-state index in [1.165, 1.54) is 12.8 Å². The Morgan fingerprint density at radius 3 is 2.80 bits per heavy atom. The molecular formula is C14H30IN3O2. The highest BCUT2D eigenvalue weighted by atomic mass is 127. The molecule has 6 heteroatoms. The van der Waals surface area contributed by atoms with Crippen molar-refractivity contribution >= 4 is 29.9 Å². The maximum absolute atomic E-state index is 5.71. The molecule has 1 aliphatic heterocycles. The first-order valence-electron chi connectivity index (χ1n) is 7.58. The average molecular weight is 399 g/mol. The van der Waals surface area contributed by atoms with Crippen molar-refractivity contribution in [1.29, 1.82) is 0 Å². The third-order valence-corrected chi connectivity index (χ3v) is 2.98. The maximum Gasteiger partial charge on any atom is 0.191 e. The van der Waals surface area contributed by atoms with E-state index < -0.39 is 0 Å². The molecule has 1 aliphatic rings. The number of hydrogen-bond acceptors (Lipinski definition) is 3. The Morgan fingerprint density at radius 2 is 2.15 bits per heavy atom. The van der Waals surface area contributed by atoms with Gasteiger partial charge in [0.25, 0.3) is 0 Å². The molecule has 1 heterocycles. The van der Waals surface area contributed by atoms with E-state index in [0.717, 1.165) is 58.3 Å². The second-order valence-corrected chi connectivity index (χ2v) is 4.75. The molecule has 1 unspecified atom stereocenters. The zero-order valence-electron chi connectivity index (χ0n) is 12.8. The number of rotatable bonds is 9. The average Bonchev–Trinajstić information content (AvgIpc) is 2.91. The molecule has 1 fully saturated rings. The van der Waals surface area contributed by atoms with Gasteiger partial charge in [-0.1, -0.05) is 13.3 Å². The lowest BCUT2D eigenvalue weighted by molar-refractivity contribution is 0.0424. The summed E-state index contributed by atoms with van der Waals surface area (Å²) < 4.78 is 11.0. The zero-order valence-corrected chi connectivity index (χ0v) is 15.2. The number of aliphatic imine (C=N–C) groups is 1. The van der Waals surface area contributed by atoms with Crippen LogP contribution in [0.1, 0.15) is 39.5 Å². The number of guanidine groups is 1. The van der Waals surface area contributed by atoms with Gasteiger partial charge in [0, 0.05) is 32.8 Å². The van der Waals surface area contributed by atoms with Gasteiger partial charge in [-0.25, -0.2) is 0 Å². The topological polar surface area (TPSA) is 54.9 Å². The minimum absolute atomic E-state index is 0. The molecular weight excluding hydrogens is 369 g/mol. The minimum Gasteiger partial charge on any atom is -0.379 e. The smallest absolute Gasteiger partial charge is 0.191 e. The van der Waals surface area contributed by atoms with Crippen LogP contribution in [0.5, 0.6) is 0 Å². The minimum atomic E-state index is 0. The van der Waals surface area contributed by atoms with Crippen LogP contribution in [0.2, 0.25) is 0 Å². The van der Waals surface area contributed by atoms with Crippen molar-refractivity contribution in [3.8, 4) is 0 Å². The van der Waals surface area contributed by atoms with Gasteiger partial charge in [-0.3, -0.25) is 4.99 Å². The quantitative estimate of drug-likeness (QED) is 0.270. The van der Waals surface area contributed by atoms with Crippen molar-refractivity contribution in [2.45, 2.75) is 45.6 Å². The van der Waals surface area contributed by atoms with Crippen LogP contribution in [0.4, 0.5) is 0 Å². The highest BCUT2D eigenvalue weighted by molar-refractivity contribution is 14.0. The summed E-state index contributed by atoms with van der Waals surface area (Å²) in [5.74, 6) is 0.917. The van der Waals surface area contributed by atoms with E-state index in [1.54, 1.807) is 0 Å². The van der Waals surface area contributed by atoms with Crippen molar-refractivity contribution in [1.82, 2.24) is 10.6 Å². The van der Waals surface area contributed by atoms with E-state index in [-0.39, 0.29) is 24.0 Å². The van der Waals surface area contributed by atoms with Crippen molar-refractivity contribution in [2.24, 2.45) is 4.99 Å². The van der Waals surface area contributed by atoms with E-state index in [0.29, 0.717) is 6.10 Å². The summed E-state index contributed by atoms with van der Waals surface area (Å²) in [5.41, 5.74) is 0. The van der Waals surface area contributed by atoms with Gasteiger partial charge >= 0.3 is 0 Å². The molecule has 120 valence electrons. The van der Waals surface area contributed by atoms with Gasteiger partial charge in [0.05, 0.1) is 12.7 Å². The first-order valence-corrected chi connectivity index (χ1v) is 7.58. The second-order valence-electron chi connectivity index (χ2n) is 4.75. The van der Waals surface area contributed by atoms with Crippen molar-refractivity contribution in [2.75, 3.05) is 39.5 Å². The van der Waals surface area contributed by atoms with Gasteiger partial charge in [0.2, 0.25) is 0 Å². The van der Waals surface area contributed by atoms with Crippen LogP contribution >= 0.6 is 24.0 Å². The van der Waals surface area contributed by atoms with Gasteiger partial charge in [-0.05, 0) is 26.2 Å². The summed E-state index contributed by atoms with van der Waals surface area (Å²) in [6.45, 7) is 9.32. The molecule has 1 rings (SSSR count). The third-order valence-electron chi connectivity index (χ3n) is 2.98. The van der Waals surface area contributed by atoms with Gasteiger partial charge in [-0.15, -0.1) is 24.0 Å². The highest BCUT2D eigenvalue weighted by Gasteiger charge is 2.15. The van der Waals surface area contributed by atoms with Gasteiger partial charge in [-0.2, -0.15) is 0 Å². The van der Waals surface area contributed by atoms with Crippen molar-refractivity contribution < 1.29 is 9.47 Å². The SMILES string of the molecule is CCCCNC(=NCCCOC1CCOC1)NCC.I. The molecule has 1 saturated heterocycles. The number of nitrogens with zero attached hydrogens (tertiary/aromatic N) is 1. The normalized spacial score (nSPS) is 18.7. The molecule has 0 aromatic carbocycles. The van der Waals surface area contributed by atoms with Crippen LogP contribution in [0, 0.1) is 0 Å². The highest BCUT2D eigenvalue weighted by Crippen LogP contribution is 2.07.